The molecule has 2 heterocycles. The number of fused-ring (bicyclic) bond motifs is 2. The van der Waals surface area contributed by atoms with Crippen molar-refractivity contribution in [1.82, 2.24) is 0 Å². The first-order chi connectivity index (χ1) is 10.6. The lowest BCUT2D eigenvalue weighted by atomic mass is 10.1. The number of rotatable bonds is 1. The van der Waals surface area contributed by atoms with Crippen molar-refractivity contribution in [2.24, 2.45) is 0 Å². The molecule has 0 amide bonds. The van der Waals surface area contributed by atoms with Crippen LogP contribution in [0.3, 0.4) is 0 Å². The summed E-state index contributed by atoms with van der Waals surface area (Å²) in [7, 11) is 0. The van der Waals surface area contributed by atoms with Gasteiger partial charge >= 0.3 is 5.63 Å². The van der Waals surface area contributed by atoms with Crippen LogP contribution in [0, 0.1) is 6.92 Å². The Hall–Kier alpha value is -2.52. The number of benzene rings is 2. The molecule has 0 bridgehead atoms. The SMILES string of the molecule is Cc1ccc2oc(=O)cc(-c3cc4cc(Cl)ccc4o3)c2c1. The topological polar surface area (TPSA) is 43.4 Å². The number of hydrogen-bond acceptors (Lipinski definition) is 3. The van der Waals surface area contributed by atoms with E-state index in [1.807, 2.05) is 37.3 Å². The molecular weight excluding hydrogens is 300 g/mol. The van der Waals surface area contributed by atoms with Gasteiger partial charge in [-0.15, -0.1) is 0 Å². The summed E-state index contributed by atoms with van der Waals surface area (Å²) in [6.45, 7) is 1.99. The summed E-state index contributed by atoms with van der Waals surface area (Å²) in [5.41, 5.74) is 2.69. The predicted molar refractivity (Wildman–Crippen MR) is 87.4 cm³/mol. The van der Waals surface area contributed by atoms with E-state index < -0.39 is 5.63 Å². The minimum Gasteiger partial charge on any atom is -0.456 e. The van der Waals surface area contributed by atoms with Gasteiger partial charge < -0.3 is 8.83 Å². The molecule has 0 spiro atoms. The Morgan fingerprint density at radius 3 is 2.59 bits per heavy atom. The second-order valence-electron chi connectivity index (χ2n) is 5.27. The molecule has 0 aliphatic heterocycles. The van der Waals surface area contributed by atoms with E-state index in [0.717, 1.165) is 27.5 Å². The molecule has 22 heavy (non-hydrogen) atoms. The Labute approximate surface area is 130 Å². The van der Waals surface area contributed by atoms with Gasteiger partial charge in [0.15, 0.2) is 0 Å². The van der Waals surface area contributed by atoms with Crippen LogP contribution in [-0.4, -0.2) is 0 Å². The van der Waals surface area contributed by atoms with Crippen molar-refractivity contribution in [2.75, 3.05) is 0 Å². The van der Waals surface area contributed by atoms with Crippen LogP contribution in [0.1, 0.15) is 5.56 Å². The van der Waals surface area contributed by atoms with Crippen molar-refractivity contribution in [3.8, 4) is 11.3 Å². The van der Waals surface area contributed by atoms with Crippen molar-refractivity contribution in [1.29, 1.82) is 0 Å². The highest BCUT2D eigenvalue weighted by molar-refractivity contribution is 6.31. The minimum atomic E-state index is -0.398. The van der Waals surface area contributed by atoms with Crippen molar-refractivity contribution in [3.05, 3.63) is 69.5 Å². The standard InChI is InChI=1S/C18H11ClO3/c1-10-2-4-16-13(6-10)14(9-18(20)22-16)17-8-11-7-12(19)3-5-15(11)21-17/h2-9H,1H3. The van der Waals surface area contributed by atoms with Gasteiger partial charge in [-0.1, -0.05) is 23.2 Å². The molecule has 108 valence electrons. The Morgan fingerprint density at radius 1 is 0.909 bits per heavy atom. The lowest BCUT2D eigenvalue weighted by molar-refractivity contribution is 0.559. The average molecular weight is 311 g/mol. The molecular formula is C18H11ClO3. The highest BCUT2D eigenvalue weighted by Crippen LogP contribution is 2.33. The van der Waals surface area contributed by atoms with Crippen molar-refractivity contribution in [2.45, 2.75) is 6.92 Å². The lowest BCUT2D eigenvalue weighted by Gasteiger charge is -2.03. The maximum absolute atomic E-state index is 11.8. The monoisotopic (exact) mass is 310 g/mol. The van der Waals surface area contributed by atoms with Gasteiger partial charge in [0, 0.05) is 27.4 Å². The van der Waals surface area contributed by atoms with Gasteiger partial charge in [-0.3, -0.25) is 0 Å². The van der Waals surface area contributed by atoms with Gasteiger partial charge in [0.2, 0.25) is 0 Å². The third kappa shape index (κ3) is 2.11. The van der Waals surface area contributed by atoms with Gasteiger partial charge in [0.1, 0.15) is 16.9 Å². The lowest BCUT2D eigenvalue weighted by Crippen LogP contribution is -1.97. The molecule has 4 rings (SSSR count). The normalized spacial score (nSPS) is 11.4. The molecule has 0 radical (unpaired) electrons. The van der Waals surface area contributed by atoms with Crippen LogP contribution < -0.4 is 5.63 Å². The zero-order chi connectivity index (χ0) is 15.3. The Bertz CT molecular complexity index is 1070. The summed E-state index contributed by atoms with van der Waals surface area (Å²) in [5.74, 6) is 0.626. The fourth-order valence-electron chi connectivity index (χ4n) is 2.63. The molecule has 0 unspecified atom stereocenters. The molecule has 4 heteroatoms. The maximum Gasteiger partial charge on any atom is 0.336 e. The molecule has 0 N–H and O–H groups in total. The molecule has 2 aromatic carbocycles. The largest absolute Gasteiger partial charge is 0.456 e. The quantitative estimate of drug-likeness (QED) is 0.456. The Morgan fingerprint density at radius 2 is 1.73 bits per heavy atom. The summed E-state index contributed by atoms with van der Waals surface area (Å²) >= 11 is 6.01. The second kappa shape index (κ2) is 4.75. The molecule has 0 saturated carbocycles. The molecule has 0 fully saturated rings. The first-order valence-corrected chi connectivity index (χ1v) is 7.22. The second-order valence-corrected chi connectivity index (χ2v) is 5.71. The van der Waals surface area contributed by atoms with Gasteiger partial charge in [0.25, 0.3) is 0 Å². The third-order valence-corrected chi connectivity index (χ3v) is 3.88. The number of hydrogen-bond donors (Lipinski definition) is 0. The van der Waals surface area contributed by atoms with E-state index in [4.69, 9.17) is 20.4 Å². The average Bonchev–Trinajstić information content (AvgIpc) is 2.89. The van der Waals surface area contributed by atoms with Crippen LogP contribution in [0.2, 0.25) is 5.02 Å². The van der Waals surface area contributed by atoms with Gasteiger partial charge in [0.05, 0.1) is 0 Å². The van der Waals surface area contributed by atoms with E-state index in [9.17, 15) is 4.79 Å². The van der Waals surface area contributed by atoms with E-state index in [1.165, 1.54) is 6.07 Å². The Kier molecular flexibility index (Phi) is 2.84. The summed E-state index contributed by atoms with van der Waals surface area (Å²) in [5, 5.41) is 2.40. The fraction of sp³-hybridized carbons (Fsp3) is 0.0556. The highest BCUT2D eigenvalue weighted by atomic mass is 35.5. The molecule has 4 aromatic rings. The first kappa shape index (κ1) is 13.2. The van der Waals surface area contributed by atoms with E-state index >= 15 is 0 Å². The van der Waals surface area contributed by atoms with E-state index in [-0.39, 0.29) is 0 Å². The van der Waals surface area contributed by atoms with Crippen molar-refractivity contribution in [3.63, 3.8) is 0 Å². The summed E-state index contributed by atoms with van der Waals surface area (Å²) in [4.78, 5) is 11.8. The van der Waals surface area contributed by atoms with Crippen LogP contribution in [0.25, 0.3) is 33.3 Å². The fourth-order valence-corrected chi connectivity index (χ4v) is 2.81. The van der Waals surface area contributed by atoms with E-state index in [2.05, 4.69) is 0 Å². The molecule has 2 aromatic heterocycles. The van der Waals surface area contributed by atoms with Crippen LogP contribution >= 0.6 is 11.6 Å². The van der Waals surface area contributed by atoms with Crippen LogP contribution in [0.5, 0.6) is 0 Å². The molecule has 3 nitrogen and oxygen atoms in total. The van der Waals surface area contributed by atoms with Crippen molar-refractivity contribution >= 4 is 33.5 Å². The van der Waals surface area contributed by atoms with E-state index in [0.29, 0.717) is 16.4 Å². The number of aryl methyl sites for hydroxylation is 1. The first-order valence-electron chi connectivity index (χ1n) is 6.84. The smallest absolute Gasteiger partial charge is 0.336 e. The predicted octanol–water partition coefficient (Wildman–Crippen LogP) is 5.17. The summed E-state index contributed by atoms with van der Waals surface area (Å²) in [6.07, 6.45) is 0. The summed E-state index contributed by atoms with van der Waals surface area (Å²) < 4.78 is 11.1. The number of furan rings is 1. The zero-order valence-corrected chi connectivity index (χ0v) is 12.5. The van der Waals surface area contributed by atoms with E-state index in [1.54, 1.807) is 12.1 Å². The van der Waals surface area contributed by atoms with Crippen LogP contribution in [-0.2, 0) is 0 Å². The zero-order valence-electron chi connectivity index (χ0n) is 11.7. The third-order valence-electron chi connectivity index (χ3n) is 3.64. The molecule has 0 aliphatic rings. The van der Waals surface area contributed by atoms with Crippen LogP contribution in [0.4, 0.5) is 0 Å². The summed E-state index contributed by atoms with van der Waals surface area (Å²) in [6, 6.07) is 14.5. The Balaban J connectivity index is 2.06. The number of halogens is 1. The molecule has 0 atom stereocenters. The molecule has 0 saturated heterocycles. The van der Waals surface area contributed by atoms with Gasteiger partial charge in [-0.05, 0) is 43.3 Å². The van der Waals surface area contributed by atoms with Crippen LogP contribution in [0.15, 0.2) is 62.2 Å². The highest BCUT2D eigenvalue weighted by Gasteiger charge is 2.13. The van der Waals surface area contributed by atoms with Gasteiger partial charge in [-0.25, -0.2) is 4.79 Å². The minimum absolute atomic E-state index is 0.398. The molecule has 0 aliphatic carbocycles. The van der Waals surface area contributed by atoms with Gasteiger partial charge in [-0.2, -0.15) is 0 Å². The van der Waals surface area contributed by atoms with Crippen molar-refractivity contribution < 1.29 is 8.83 Å². The maximum atomic E-state index is 11.8.